The fraction of sp³-hybridized carbons (Fsp3) is 0. The highest BCUT2D eigenvalue weighted by molar-refractivity contribution is 6.31. The van der Waals surface area contributed by atoms with Gasteiger partial charge in [0.2, 0.25) is 0 Å². The summed E-state index contributed by atoms with van der Waals surface area (Å²) in [6.07, 6.45) is 1.69. The lowest BCUT2D eigenvalue weighted by atomic mass is 10.3. The van der Waals surface area contributed by atoms with Gasteiger partial charge < -0.3 is 10.7 Å². The monoisotopic (exact) mass is 244 g/mol. The largest absolute Gasteiger partial charge is 0.384 e. The molecule has 2 heterocycles. The van der Waals surface area contributed by atoms with Gasteiger partial charge in [-0.15, -0.1) is 0 Å². The first-order valence-electron chi connectivity index (χ1n) is 5.09. The minimum atomic E-state index is 0.493. The Morgan fingerprint density at radius 2 is 2.06 bits per heavy atom. The van der Waals surface area contributed by atoms with Crippen LogP contribution in [0.15, 0.2) is 36.5 Å². The molecule has 0 aliphatic heterocycles. The number of imidazole rings is 1. The van der Waals surface area contributed by atoms with Gasteiger partial charge in [-0.2, -0.15) is 0 Å². The number of halogens is 1. The average Bonchev–Trinajstić information content (AvgIpc) is 2.72. The molecule has 4 nitrogen and oxygen atoms in total. The summed E-state index contributed by atoms with van der Waals surface area (Å²) < 4.78 is 0. The van der Waals surface area contributed by atoms with Gasteiger partial charge in [-0.05, 0) is 30.3 Å². The number of hydrogen-bond acceptors (Lipinski definition) is 3. The number of nitrogens with two attached hydrogens (primary N) is 1. The highest BCUT2D eigenvalue weighted by Crippen LogP contribution is 2.22. The van der Waals surface area contributed by atoms with E-state index in [0.29, 0.717) is 10.8 Å². The number of nitrogen functional groups attached to an aromatic ring is 1. The first-order chi connectivity index (χ1) is 8.22. The van der Waals surface area contributed by atoms with Crippen molar-refractivity contribution >= 4 is 28.5 Å². The van der Waals surface area contributed by atoms with Crippen LogP contribution in [0.3, 0.4) is 0 Å². The third kappa shape index (κ3) is 1.83. The van der Waals surface area contributed by atoms with Crippen molar-refractivity contribution in [1.82, 2.24) is 15.0 Å². The lowest BCUT2D eigenvalue weighted by Crippen LogP contribution is -1.89. The summed E-state index contributed by atoms with van der Waals surface area (Å²) in [6, 6.07) is 9.16. The third-order valence-corrected chi connectivity index (χ3v) is 2.74. The van der Waals surface area contributed by atoms with Crippen LogP contribution < -0.4 is 5.73 Å². The van der Waals surface area contributed by atoms with Gasteiger partial charge >= 0.3 is 0 Å². The Kier molecular flexibility index (Phi) is 2.23. The molecule has 3 aromatic rings. The molecule has 0 aliphatic rings. The lowest BCUT2D eigenvalue weighted by molar-refractivity contribution is 1.28. The normalized spacial score (nSPS) is 10.9. The van der Waals surface area contributed by atoms with Crippen molar-refractivity contribution in [1.29, 1.82) is 0 Å². The van der Waals surface area contributed by atoms with Crippen LogP contribution in [0, 0.1) is 0 Å². The molecule has 0 bridgehead atoms. The first kappa shape index (κ1) is 10.1. The molecular weight excluding hydrogens is 236 g/mol. The summed E-state index contributed by atoms with van der Waals surface area (Å²) in [5.74, 6) is 1.25. The van der Waals surface area contributed by atoms with Gasteiger partial charge in [0, 0.05) is 16.8 Å². The molecule has 0 spiro atoms. The number of anilines is 1. The van der Waals surface area contributed by atoms with E-state index in [9.17, 15) is 0 Å². The molecule has 0 amide bonds. The number of nitrogens with zero attached hydrogens (tertiary/aromatic N) is 2. The van der Waals surface area contributed by atoms with Gasteiger partial charge in [0.25, 0.3) is 0 Å². The number of aromatic amines is 1. The van der Waals surface area contributed by atoms with E-state index in [0.717, 1.165) is 22.4 Å². The predicted molar refractivity (Wildman–Crippen MR) is 68.7 cm³/mol. The van der Waals surface area contributed by atoms with Gasteiger partial charge in [0.05, 0.1) is 11.0 Å². The van der Waals surface area contributed by atoms with E-state index >= 15 is 0 Å². The summed E-state index contributed by atoms with van der Waals surface area (Å²) in [5.41, 5.74) is 8.22. The Bertz CT molecular complexity index is 673. The van der Waals surface area contributed by atoms with Crippen LogP contribution in [0.5, 0.6) is 0 Å². The molecule has 0 saturated carbocycles. The van der Waals surface area contributed by atoms with Crippen LogP contribution in [-0.2, 0) is 0 Å². The second-order valence-electron chi connectivity index (χ2n) is 3.72. The number of nitrogens with one attached hydrogen (secondary N) is 1. The maximum atomic E-state index is 5.92. The van der Waals surface area contributed by atoms with E-state index in [1.807, 2.05) is 24.3 Å². The molecule has 1 aromatic carbocycles. The lowest BCUT2D eigenvalue weighted by Gasteiger charge is -1.95. The molecule has 3 N–H and O–H groups in total. The molecule has 17 heavy (non-hydrogen) atoms. The van der Waals surface area contributed by atoms with E-state index in [4.69, 9.17) is 17.3 Å². The van der Waals surface area contributed by atoms with Crippen molar-refractivity contribution < 1.29 is 0 Å². The minimum Gasteiger partial charge on any atom is -0.384 e. The zero-order chi connectivity index (χ0) is 11.8. The summed E-state index contributed by atoms with van der Waals surface area (Å²) in [7, 11) is 0. The van der Waals surface area contributed by atoms with E-state index in [1.54, 1.807) is 12.3 Å². The Morgan fingerprint density at radius 1 is 1.18 bits per heavy atom. The Balaban J connectivity index is 2.14. The number of hydrogen-bond donors (Lipinski definition) is 2. The van der Waals surface area contributed by atoms with Gasteiger partial charge in [-0.25, -0.2) is 9.97 Å². The van der Waals surface area contributed by atoms with Crippen LogP contribution in [0.2, 0.25) is 5.02 Å². The molecule has 0 aliphatic carbocycles. The number of H-pyrrole nitrogens is 1. The zero-order valence-electron chi connectivity index (χ0n) is 8.81. The van der Waals surface area contributed by atoms with Gasteiger partial charge in [-0.3, -0.25) is 0 Å². The van der Waals surface area contributed by atoms with Crippen molar-refractivity contribution in [3.63, 3.8) is 0 Å². The maximum Gasteiger partial charge on any atom is 0.140 e. The quantitative estimate of drug-likeness (QED) is 0.692. The molecule has 0 radical (unpaired) electrons. The standard InChI is InChI=1S/C12H9ClN4/c13-8-2-3-9-10(5-8)17-12(16-9)7-1-4-11(14)15-6-7/h1-6H,(H2,14,15)(H,16,17). The van der Waals surface area contributed by atoms with Crippen molar-refractivity contribution in [3.05, 3.63) is 41.6 Å². The van der Waals surface area contributed by atoms with E-state index in [-0.39, 0.29) is 0 Å². The smallest absolute Gasteiger partial charge is 0.140 e. The summed E-state index contributed by atoms with van der Waals surface area (Å²) in [6.45, 7) is 0. The molecule has 2 aromatic heterocycles. The first-order valence-corrected chi connectivity index (χ1v) is 5.47. The molecular formula is C12H9ClN4. The topological polar surface area (TPSA) is 67.6 Å². The number of rotatable bonds is 1. The van der Waals surface area contributed by atoms with Crippen LogP contribution in [0.1, 0.15) is 0 Å². The zero-order valence-corrected chi connectivity index (χ0v) is 9.57. The van der Waals surface area contributed by atoms with Gasteiger partial charge in [0.15, 0.2) is 0 Å². The summed E-state index contributed by atoms with van der Waals surface area (Å²) in [5, 5.41) is 0.683. The second kappa shape index (κ2) is 3.75. The SMILES string of the molecule is Nc1ccc(-c2nc3ccc(Cl)cc3[nH]2)cn1. The van der Waals surface area contributed by atoms with Gasteiger partial charge in [0.1, 0.15) is 11.6 Å². The molecule has 3 rings (SSSR count). The fourth-order valence-electron chi connectivity index (χ4n) is 1.66. The van der Waals surface area contributed by atoms with Crippen molar-refractivity contribution in [2.24, 2.45) is 0 Å². The molecule has 0 saturated heterocycles. The van der Waals surface area contributed by atoms with Crippen LogP contribution in [-0.4, -0.2) is 15.0 Å². The molecule has 5 heteroatoms. The minimum absolute atomic E-state index is 0.493. The summed E-state index contributed by atoms with van der Waals surface area (Å²) in [4.78, 5) is 11.7. The Labute approximate surface area is 102 Å². The van der Waals surface area contributed by atoms with Crippen LogP contribution >= 0.6 is 11.6 Å². The van der Waals surface area contributed by atoms with E-state index in [1.165, 1.54) is 0 Å². The number of fused-ring (bicyclic) bond motifs is 1. The summed E-state index contributed by atoms with van der Waals surface area (Å²) >= 11 is 5.92. The number of pyridine rings is 1. The van der Waals surface area contributed by atoms with Crippen molar-refractivity contribution in [3.8, 4) is 11.4 Å². The van der Waals surface area contributed by atoms with E-state index in [2.05, 4.69) is 15.0 Å². The predicted octanol–water partition coefficient (Wildman–Crippen LogP) is 2.86. The number of aromatic nitrogens is 3. The maximum absolute atomic E-state index is 5.92. The molecule has 0 atom stereocenters. The van der Waals surface area contributed by atoms with Crippen LogP contribution in [0.25, 0.3) is 22.4 Å². The van der Waals surface area contributed by atoms with Crippen molar-refractivity contribution in [2.75, 3.05) is 5.73 Å². The second-order valence-corrected chi connectivity index (χ2v) is 4.16. The van der Waals surface area contributed by atoms with Gasteiger partial charge in [-0.1, -0.05) is 11.6 Å². The third-order valence-electron chi connectivity index (χ3n) is 2.50. The molecule has 84 valence electrons. The highest BCUT2D eigenvalue weighted by atomic mass is 35.5. The Morgan fingerprint density at radius 3 is 2.82 bits per heavy atom. The Hall–Kier alpha value is -2.07. The van der Waals surface area contributed by atoms with E-state index < -0.39 is 0 Å². The molecule has 0 fully saturated rings. The fourth-order valence-corrected chi connectivity index (χ4v) is 1.84. The number of benzene rings is 1. The highest BCUT2D eigenvalue weighted by Gasteiger charge is 2.05. The van der Waals surface area contributed by atoms with Crippen LogP contribution in [0.4, 0.5) is 5.82 Å². The molecule has 0 unspecified atom stereocenters. The van der Waals surface area contributed by atoms with Crippen molar-refractivity contribution in [2.45, 2.75) is 0 Å². The average molecular weight is 245 g/mol.